The molecule has 0 spiro atoms. The first-order valence-electron chi connectivity index (χ1n) is 11.3. The first kappa shape index (κ1) is 22.3. The maximum Gasteiger partial charge on any atom is 0.316 e. The van der Waals surface area contributed by atoms with Gasteiger partial charge < -0.3 is 14.4 Å². The highest BCUT2D eigenvalue weighted by Gasteiger charge is 2.37. The monoisotopic (exact) mass is 470 g/mol. The predicted octanol–water partition coefficient (Wildman–Crippen LogP) is 3.84. The molecule has 0 saturated carbocycles. The number of amides is 3. The normalized spacial score (nSPS) is 17.1. The second kappa shape index (κ2) is 9.06. The lowest BCUT2D eigenvalue weighted by atomic mass is 10.1. The Morgan fingerprint density at radius 1 is 0.829 bits per heavy atom. The minimum atomic E-state index is -0.606. The van der Waals surface area contributed by atoms with Crippen LogP contribution >= 0.6 is 0 Å². The van der Waals surface area contributed by atoms with E-state index in [2.05, 4.69) is 0 Å². The van der Waals surface area contributed by atoms with Gasteiger partial charge in [0.05, 0.1) is 29.3 Å². The maximum atomic E-state index is 12.7. The van der Waals surface area contributed by atoms with Crippen molar-refractivity contribution >= 4 is 35.1 Å². The van der Waals surface area contributed by atoms with E-state index in [1.54, 1.807) is 65.6 Å². The van der Waals surface area contributed by atoms with Crippen molar-refractivity contribution in [1.82, 2.24) is 0 Å². The molecule has 1 atom stereocenters. The fourth-order valence-electron chi connectivity index (χ4n) is 4.29. The molecule has 3 amide bonds. The van der Waals surface area contributed by atoms with Crippen LogP contribution in [0.4, 0.5) is 11.4 Å². The van der Waals surface area contributed by atoms with Crippen molar-refractivity contribution in [3.8, 4) is 11.5 Å². The van der Waals surface area contributed by atoms with Crippen LogP contribution in [0, 0.1) is 5.92 Å². The smallest absolute Gasteiger partial charge is 0.316 e. The zero-order valence-electron chi connectivity index (χ0n) is 19.0. The lowest BCUT2D eigenvalue weighted by Gasteiger charge is -2.17. The van der Waals surface area contributed by atoms with Crippen molar-refractivity contribution in [3.05, 3.63) is 83.9 Å². The summed E-state index contributed by atoms with van der Waals surface area (Å²) in [5.74, 6) is -1.09. The van der Waals surface area contributed by atoms with E-state index in [1.807, 2.05) is 6.92 Å². The fourth-order valence-corrected chi connectivity index (χ4v) is 4.29. The third kappa shape index (κ3) is 4.14. The largest absolute Gasteiger partial charge is 0.494 e. The van der Waals surface area contributed by atoms with Gasteiger partial charge in [0.25, 0.3) is 11.8 Å². The quantitative estimate of drug-likeness (QED) is 0.309. The number of carbonyl (C=O) groups is 4. The molecule has 8 nitrogen and oxygen atoms in total. The molecule has 3 aromatic rings. The number of nitrogens with zero attached hydrogens (tertiary/aromatic N) is 2. The summed E-state index contributed by atoms with van der Waals surface area (Å²) in [7, 11) is 0. The zero-order valence-corrected chi connectivity index (χ0v) is 19.0. The number of esters is 1. The van der Waals surface area contributed by atoms with Crippen molar-refractivity contribution in [1.29, 1.82) is 0 Å². The molecule has 35 heavy (non-hydrogen) atoms. The van der Waals surface area contributed by atoms with E-state index in [1.165, 1.54) is 12.1 Å². The second-order valence-electron chi connectivity index (χ2n) is 8.24. The number of hydrogen-bond acceptors (Lipinski definition) is 6. The Bertz CT molecular complexity index is 1280. The summed E-state index contributed by atoms with van der Waals surface area (Å²) >= 11 is 0. The molecule has 1 fully saturated rings. The zero-order chi connectivity index (χ0) is 24.5. The van der Waals surface area contributed by atoms with Gasteiger partial charge in [0.15, 0.2) is 0 Å². The summed E-state index contributed by atoms with van der Waals surface area (Å²) in [6.45, 7) is 2.67. The summed E-state index contributed by atoms with van der Waals surface area (Å²) in [5.41, 5.74) is 1.79. The van der Waals surface area contributed by atoms with Gasteiger partial charge in [-0.3, -0.25) is 19.2 Å². The van der Waals surface area contributed by atoms with Crippen molar-refractivity contribution in [2.75, 3.05) is 23.0 Å². The molecule has 0 aromatic heterocycles. The SMILES string of the molecule is CCOc1ccc(N2C[C@@H](C(=O)Oc3ccc(N4C(=O)c5ccccc5C4=O)cc3)CC2=O)cc1. The minimum Gasteiger partial charge on any atom is -0.494 e. The van der Waals surface area contributed by atoms with Crippen molar-refractivity contribution in [2.45, 2.75) is 13.3 Å². The number of rotatable bonds is 6. The Morgan fingerprint density at radius 3 is 2.00 bits per heavy atom. The summed E-state index contributed by atoms with van der Waals surface area (Å²) in [6.07, 6.45) is 0.0547. The summed E-state index contributed by atoms with van der Waals surface area (Å²) in [6, 6.07) is 19.9. The fraction of sp³-hybridized carbons (Fsp3) is 0.185. The van der Waals surface area contributed by atoms with Crippen molar-refractivity contribution in [2.24, 2.45) is 5.92 Å². The van der Waals surface area contributed by atoms with Crippen LogP contribution in [0.25, 0.3) is 0 Å². The first-order valence-corrected chi connectivity index (χ1v) is 11.3. The van der Waals surface area contributed by atoms with Crippen LogP contribution in [0.3, 0.4) is 0 Å². The van der Waals surface area contributed by atoms with Gasteiger partial charge in [-0.1, -0.05) is 12.1 Å². The maximum absolute atomic E-state index is 12.7. The third-order valence-corrected chi connectivity index (χ3v) is 6.03. The van der Waals surface area contributed by atoms with E-state index in [4.69, 9.17) is 9.47 Å². The highest BCUT2D eigenvalue weighted by atomic mass is 16.5. The molecule has 8 heteroatoms. The molecule has 5 rings (SSSR count). The van der Waals surface area contributed by atoms with E-state index >= 15 is 0 Å². The van der Waals surface area contributed by atoms with Crippen LogP contribution in [-0.4, -0.2) is 36.8 Å². The molecular weight excluding hydrogens is 448 g/mol. The van der Waals surface area contributed by atoms with Gasteiger partial charge in [-0.25, -0.2) is 4.90 Å². The molecule has 0 radical (unpaired) electrons. The Hall–Kier alpha value is -4.46. The van der Waals surface area contributed by atoms with Crippen LogP contribution in [0.2, 0.25) is 0 Å². The van der Waals surface area contributed by atoms with Crippen LogP contribution in [0.15, 0.2) is 72.8 Å². The van der Waals surface area contributed by atoms with Crippen LogP contribution in [-0.2, 0) is 9.59 Å². The summed E-state index contributed by atoms with van der Waals surface area (Å²) < 4.78 is 10.9. The number of fused-ring (bicyclic) bond motifs is 1. The highest BCUT2D eigenvalue weighted by molar-refractivity contribution is 6.34. The van der Waals surface area contributed by atoms with Crippen molar-refractivity contribution < 1.29 is 28.7 Å². The molecule has 0 unspecified atom stereocenters. The summed E-state index contributed by atoms with van der Waals surface area (Å²) in [4.78, 5) is 53.2. The van der Waals surface area contributed by atoms with Crippen LogP contribution in [0.1, 0.15) is 34.1 Å². The summed E-state index contributed by atoms with van der Waals surface area (Å²) in [5, 5.41) is 0. The van der Waals surface area contributed by atoms with Gasteiger partial charge >= 0.3 is 5.97 Å². The first-order chi connectivity index (χ1) is 17.0. The minimum absolute atomic E-state index is 0.0547. The van der Waals surface area contributed by atoms with Gasteiger partial charge in [0.1, 0.15) is 11.5 Å². The molecule has 1 saturated heterocycles. The lowest BCUT2D eigenvalue weighted by molar-refractivity contribution is -0.139. The number of benzene rings is 3. The highest BCUT2D eigenvalue weighted by Crippen LogP contribution is 2.31. The van der Waals surface area contributed by atoms with Crippen LogP contribution < -0.4 is 19.3 Å². The molecule has 2 heterocycles. The molecular formula is C27H22N2O6. The topological polar surface area (TPSA) is 93.2 Å². The number of hydrogen-bond donors (Lipinski definition) is 0. The molecule has 3 aromatic carbocycles. The van der Waals surface area contributed by atoms with E-state index < -0.39 is 23.7 Å². The second-order valence-corrected chi connectivity index (χ2v) is 8.24. The van der Waals surface area contributed by atoms with Crippen molar-refractivity contribution in [3.63, 3.8) is 0 Å². The molecule has 0 N–H and O–H groups in total. The van der Waals surface area contributed by atoms with E-state index in [9.17, 15) is 19.2 Å². The molecule has 2 aliphatic rings. The number of carbonyl (C=O) groups excluding carboxylic acids is 4. The Balaban J connectivity index is 1.23. The average Bonchev–Trinajstić information content (AvgIpc) is 3.38. The van der Waals surface area contributed by atoms with Gasteiger partial charge in [0, 0.05) is 18.7 Å². The van der Waals surface area contributed by atoms with Gasteiger partial charge in [-0.05, 0) is 67.6 Å². The molecule has 2 aliphatic heterocycles. The van der Waals surface area contributed by atoms with E-state index in [0.717, 1.165) is 4.90 Å². The third-order valence-electron chi connectivity index (χ3n) is 6.03. The standard InChI is InChI=1S/C27H22N2O6/c1-2-34-20-11-7-18(8-12-20)28-16-17(15-24(28)30)27(33)35-21-13-9-19(10-14-21)29-25(31)22-5-3-4-6-23(22)26(29)32/h3-14,17H,2,15-16H2,1H3/t17-/m0/s1. The predicted molar refractivity (Wildman–Crippen MR) is 128 cm³/mol. The Labute approximate surface area is 201 Å². The average molecular weight is 470 g/mol. The Kier molecular flexibility index (Phi) is 5.78. The van der Waals surface area contributed by atoms with Gasteiger partial charge in [-0.2, -0.15) is 0 Å². The van der Waals surface area contributed by atoms with E-state index in [-0.39, 0.29) is 24.6 Å². The number of anilines is 2. The lowest BCUT2D eigenvalue weighted by Crippen LogP contribution is -2.29. The number of imide groups is 1. The van der Waals surface area contributed by atoms with Gasteiger partial charge in [-0.15, -0.1) is 0 Å². The van der Waals surface area contributed by atoms with Crippen LogP contribution in [0.5, 0.6) is 11.5 Å². The Morgan fingerprint density at radius 2 is 1.40 bits per heavy atom. The molecule has 0 bridgehead atoms. The van der Waals surface area contributed by atoms with E-state index in [0.29, 0.717) is 34.9 Å². The molecule has 176 valence electrons. The number of ether oxygens (including phenoxy) is 2. The molecule has 0 aliphatic carbocycles. The van der Waals surface area contributed by atoms with Gasteiger partial charge in [0.2, 0.25) is 5.91 Å².